The lowest BCUT2D eigenvalue weighted by Gasteiger charge is -2.32. The predicted octanol–water partition coefficient (Wildman–Crippen LogP) is 4.49. The van der Waals surface area contributed by atoms with Crippen molar-refractivity contribution in [1.82, 2.24) is 4.90 Å². The zero-order chi connectivity index (χ0) is 19.4. The van der Waals surface area contributed by atoms with E-state index in [0.29, 0.717) is 24.4 Å². The molecule has 1 heterocycles. The van der Waals surface area contributed by atoms with E-state index in [-0.39, 0.29) is 27.8 Å². The van der Waals surface area contributed by atoms with Crippen LogP contribution in [0.25, 0.3) is 0 Å². The number of nitrogens with one attached hydrogen (secondary N) is 1. The number of para-hydroxylation sites is 1. The van der Waals surface area contributed by atoms with Crippen LogP contribution in [0.15, 0.2) is 42.5 Å². The molecule has 1 unspecified atom stereocenters. The lowest BCUT2D eigenvalue weighted by atomic mass is 9.96. The zero-order valence-electron chi connectivity index (χ0n) is 14.9. The number of amides is 2. The molecule has 3 rings (SSSR count). The minimum absolute atomic E-state index is 0.0792. The minimum atomic E-state index is -0.257. The van der Waals surface area contributed by atoms with E-state index in [4.69, 9.17) is 27.9 Å². The molecule has 1 aliphatic rings. The van der Waals surface area contributed by atoms with Gasteiger partial charge in [0.15, 0.2) is 5.75 Å². The van der Waals surface area contributed by atoms with Crippen molar-refractivity contribution in [1.29, 1.82) is 0 Å². The third-order valence-corrected chi connectivity index (χ3v) is 5.13. The highest BCUT2D eigenvalue weighted by Gasteiger charge is 2.29. The molecule has 0 aliphatic carbocycles. The van der Waals surface area contributed by atoms with Crippen molar-refractivity contribution in [2.24, 2.45) is 5.92 Å². The third kappa shape index (κ3) is 4.54. The standard InChI is InChI=1S/C20H20Cl2N2O3/c1-27-18-16(21)10-14(11-17(18)22)20(26)24-9-5-6-13(12-24)19(25)23-15-7-3-2-4-8-15/h2-4,7-8,10-11,13H,5-6,9,12H2,1H3,(H,23,25). The van der Waals surface area contributed by atoms with Crippen LogP contribution in [0.4, 0.5) is 5.69 Å². The highest BCUT2D eigenvalue weighted by Crippen LogP contribution is 2.34. The first-order chi connectivity index (χ1) is 13.0. The molecule has 0 bridgehead atoms. The molecule has 5 nitrogen and oxygen atoms in total. The summed E-state index contributed by atoms with van der Waals surface area (Å²) >= 11 is 12.3. The van der Waals surface area contributed by atoms with E-state index in [2.05, 4.69) is 5.32 Å². The molecule has 1 N–H and O–H groups in total. The van der Waals surface area contributed by atoms with Gasteiger partial charge in [-0.3, -0.25) is 9.59 Å². The van der Waals surface area contributed by atoms with Crippen LogP contribution in [0, 0.1) is 5.92 Å². The minimum Gasteiger partial charge on any atom is -0.494 e. The molecule has 2 aromatic rings. The number of hydrogen-bond acceptors (Lipinski definition) is 3. The predicted molar refractivity (Wildman–Crippen MR) is 107 cm³/mol. The fourth-order valence-electron chi connectivity index (χ4n) is 3.20. The summed E-state index contributed by atoms with van der Waals surface area (Å²) < 4.78 is 5.12. The summed E-state index contributed by atoms with van der Waals surface area (Å²) in [7, 11) is 1.47. The highest BCUT2D eigenvalue weighted by atomic mass is 35.5. The van der Waals surface area contributed by atoms with E-state index < -0.39 is 0 Å². The molecule has 0 aromatic heterocycles. The summed E-state index contributed by atoms with van der Waals surface area (Å²) in [6, 6.07) is 12.4. The average Bonchev–Trinajstić information content (AvgIpc) is 2.68. The van der Waals surface area contributed by atoms with Crippen molar-refractivity contribution >= 4 is 40.7 Å². The zero-order valence-corrected chi connectivity index (χ0v) is 16.4. The van der Waals surface area contributed by atoms with Gasteiger partial charge in [-0.1, -0.05) is 41.4 Å². The van der Waals surface area contributed by atoms with Crippen LogP contribution in [0.2, 0.25) is 10.0 Å². The second-order valence-corrected chi connectivity index (χ2v) is 7.23. The van der Waals surface area contributed by atoms with Gasteiger partial charge in [0.1, 0.15) is 0 Å². The Morgan fingerprint density at radius 3 is 2.44 bits per heavy atom. The van der Waals surface area contributed by atoms with Gasteiger partial charge < -0.3 is 15.0 Å². The smallest absolute Gasteiger partial charge is 0.253 e. The third-order valence-electron chi connectivity index (χ3n) is 4.57. The van der Waals surface area contributed by atoms with Crippen molar-refractivity contribution in [3.63, 3.8) is 0 Å². The summed E-state index contributed by atoms with van der Waals surface area (Å²) in [4.78, 5) is 27.1. The van der Waals surface area contributed by atoms with Gasteiger partial charge in [-0.2, -0.15) is 0 Å². The number of halogens is 2. The molecule has 7 heteroatoms. The van der Waals surface area contributed by atoms with E-state index >= 15 is 0 Å². The van der Waals surface area contributed by atoms with Gasteiger partial charge in [0, 0.05) is 24.3 Å². The molecule has 1 aliphatic heterocycles. The maximum Gasteiger partial charge on any atom is 0.253 e. The van der Waals surface area contributed by atoms with Gasteiger partial charge in [0.05, 0.1) is 23.1 Å². The van der Waals surface area contributed by atoms with E-state index in [0.717, 1.165) is 18.5 Å². The van der Waals surface area contributed by atoms with Gasteiger partial charge in [0.25, 0.3) is 5.91 Å². The average molecular weight is 407 g/mol. The van der Waals surface area contributed by atoms with Crippen molar-refractivity contribution in [3.05, 3.63) is 58.1 Å². The number of nitrogens with zero attached hydrogens (tertiary/aromatic N) is 1. The molecule has 0 spiro atoms. The quantitative estimate of drug-likeness (QED) is 0.813. The maximum absolute atomic E-state index is 12.9. The SMILES string of the molecule is COc1c(Cl)cc(C(=O)N2CCCC(C(=O)Nc3ccccc3)C2)cc1Cl. The first-order valence-corrected chi connectivity index (χ1v) is 9.43. The van der Waals surface area contributed by atoms with Crippen molar-refractivity contribution in [3.8, 4) is 5.75 Å². The summed E-state index contributed by atoms with van der Waals surface area (Å²) in [6.07, 6.45) is 1.50. The molecule has 1 fully saturated rings. The van der Waals surface area contributed by atoms with Crippen LogP contribution in [0.5, 0.6) is 5.75 Å². The van der Waals surface area contributed by atoms with Gasteiger partial charge >= 0.3 is 0 Å². The largest absolute Gasteiger partial charge is 0.494 e. The van der Waals surface area contributed by atoms with Crippen molar-refractivity contribution in [2.45, 2.75) is 12.8 Å². The lowest BCUT2D eigenvalue weighted by molar-refractivity contribution is -0.121. The first kappa shape index (κ1) is 19.5. The summed E-state index contributed by atoms with van der Waals surface area (Å²) in [5.41, 5.74) is 1.13. The van der Waals surface area contributed by atoms with Crippen molar-refractivity contribution < 1.29 is 14.3 Å². The van der Waals surface area contributed by atoms with Crippen LogP contribution in [-0.2, 0) is 4.79 Å². The van der Waals surface area contributed by atoms with E-state index in [1.54, 1.807) is 17.0 Å². The topological polar surface area (TPSA) is 58.6 Å². The van der Waals surface area contributed by atoms with Crippen LogP contribution in [-0.4, -0.2) is 36.9 Å². The molecule has 142 valence electrons. The first-order valence-electron chi connectivity index (χ1n) is 8.68. The molecule has 0 radical (unpaired) electrons. The Labute approximate surface area is 168 Å². The van der Waals surface area contributed by atoms with Crippen LogP contribution >= 0.6 is 23.2 Å². The van der Waals surface area contributed by atoms with Crippen LogP contribution in [0.3, 0.4) is 0 Å². The molecule has 27 heavy (non-hydrogen) atoms. The summed E-state index contributed by atoms with van der Waals surface area (Å²) in [6.45, 7) is 0.952. The van der Waals surface area contributed by atoms with Crippen molar-refractivity contribution in [2.75, 3.05) is 25.5 Å². The molecular weight excluding hydrogens is 387 g/mol. The number of benzene rings is 2. The lowest BCUT2D eigenvalue weighted by Crippen LogP contribution is -2.43. The fraction of sp³-hybridized carbons (Fsp3) is 0.300. The highest BCUT2D eigenvalue weighted by molar-refractivity contribution is 6.37. The normalized spacial score (nSPS) is 16.7. The Morgan fingerprint density at radius 2 is 1.81 bits per heavy atom. The molecule has 1 atom stereocenters. The van der Waals surface area contributed by atoms with Gasteiger partial charge in [-0.05, 0) is 37.1 Å². The number of methoxy groups -OCH3 is 1. The molecule has 2 aromatic carbocycles. The number of ether oxygens (including phenoxy) is 1. The number of carbonyl (C=O) groups is 2. The summed E-state index contributed by atoms with van der Waals surface area (Å²) in [5, 5.41) is 3.47. The van der Waals surface area contributed by atoms with E-state index in [1.807, 2.05) is 30.3 Å². The second-order valence-electron chi connectivity index (χ2n) is 6.42. The van der Waals surface area contributed by atoms with Gasteiger partial charge in [-0.15, -0.1) is 0 Å². The summed E-state index contributed by atoms with van der Waals surface area (Å²) in [5.74, 6) is -0.191. The Hall–Kier alpha value is -2.24. The maximum atomic E-state index is 12.9. The van der Waals surface area contributed by atoms with E-state index in [1.165, 1.54) is 7.11 Å². The van der Waals surface area contributed by atoms with Gasteiger partial charge in [-0.25, -0.2) is 0 Å². The molecule has 1 saturated heterocycles. The number of piperidine rings is 1. The second kappa shape index (κ2) is 8.63. The Bertz CT molecular complexity index is 819. The fourth-order valence-corrected chi connectivity index (χ4v) is 3.84. The number of rotatable bonds is 4. The van der Waals surface area contributed by atoms with Gasteiger partial charge in [0.2, 0.25) is 5.91 Å². The molecular formula is C20H20Cl2N2O3. The monoisotopic (exact) mass is 406 g/mol. The molecule has 0 saturated carbocycles. The van der Waals surface area contributed by atoms with E-state index in [9.17, 15) is 9.59 Å². The number of hydrogen-bond donors (Lipinski definition) is 1. The number of likely N-dealkylation sites (tertiary alicyclic amines) is 1. The Kier molecular flexibility index (Phi) is 6.24. The number of carbonyl (C=O) groups excluding carboxylic acids is 2. The Morgan fingerprint density at radius 1 is 1.15 bits per heavy atom. The Balaban J connectivity index is 1.70. The van der Waals surface area contributed by atoms with Crippen LogP contribution < -0.4 is 10.1 Å². The van der Waals surface area contributed by atoms with Crippen LogP contribution in [0.1, 0.15) is 23.2 Å². The number of anilines is 1. The molecule has 2 amide bonds.